The molecule has 0 heterocycles. The van der Waals surface area contributed by atoms with E-state index in [4.69, 9.17) is 9.47 Å². The predicted octanol–water partition coefficient (Wildman–Crippen LogP) is 3.05. The Balaban J connectivity index is 4.62. The number of nitrogens with one attached hydrogen (secondary N) is 1. The van der Waals surface area contributed by atoms with Crippen LogP contribution < -0.4 is 5.32 Å². The van der Waals surface area contributed by atoms with Gasteiger partial charge >= 0.3 is 12.1 Å². The molecule has 0 aliphatic carbocycles. The minimum atomic E-state index is -0.735. The predicted molar refractivity (Wildman–Crippen MR) is 78.4 cm³/mol. The molecule has 20 heavy (non-hydrogen) atoms. The van der Waals surface area contributed by atoms with Gasteiger partial charge in [-0.15, -0.1) is 0 Å². The fourth-order valence-corrected chi connectivity index (χ4v) is 1.51. The Morgan fingerprint density at radius 3 is 2.40 bits per heavy atom. The summed E-state index contributed by atoms with van der Waals surface area (Å²) in [5.74, 6) is -0.480. The standard InChI is InChI=1S/C15H27NO4/c1-7-8-9-20-14(18)16-12(13(17)19-6)10-15(4,5)11(2)3/h12H,2,7-10H2,1,3-6H3,(H,16,18). The number of esters is 1. The fraction of sp³-hybridized carbons (Fsp3) is 0.733. The molecule has 116 valence electrons. The SMILES string of the molecule is C=C(C)C(C)(C)CC(NC(=O)OCCCC)C(=O)OC. The molecule has 0 aromatic rings. The number of amides is 1. The molecule has 5 heteroatoms. The second kappa shape index (κ2) is 8.61. The van der Waals surface area contributed by atoms with Crippen LogP contribution in [0.4, 0.5) is 4.79 Å². The van der Waals surface area contributed by atoms with Gasteiger partial charge in [0.05, 0.1) is 13.7 Å². The monoisotopic (exact) mass is 285 g/mol. The molecule has 1 atom stereocenters. The van der Waals surface area contributed by atoms with Gasteiger partial charge in [-0.05, 0) is 25.2 Å². The van der Waals surface area contributed by atoms with Crippen LogP contribution >= 0.6 is 0 Å². The largest absolute Gasteiger partial charge is 0.467 e. The maximum atomic E-state index is 11.8. The second-order valence-electron chi connectivity index (χ2n) is 5.58. The third-order valence-electron chi connectivity index (χ3n) is 3.38. The van der Waals surface area contributed by atoms with E-state index in [1.807, 2.05) is 27.7 Å². The van der Waals surface area contributed by atoms with Crippen LogP contribution in [-0.4, -0.2) is 31.8 Å². The van der Waals surface area contributed by atoms with Gasteiger partial charge in [-0.3, -0.25) is 0 Å². The van der Waals surface area contributed by atoms with Crippen molar-refractivity contribution in [3.63, 3.8) is 0 Å². The molecule has 0 radical (unpaired) electrons. The van der Waals surface area contributed by atoms with Gasteiger partial charge in [-0.2, -0.15) is 0 Å². The number of carbonyl (C=O) groups excluding carboxylic acids is 2. The van der Waals surface area contributed by atoms with Gasteiger partial charge in [-0.1, -0.05) is 39.3 Å². The summed E-state index contributed by atoms with van der Waals surface area (Å²) in [5.41, 5.74) is 0.655. The van der Waals surface area contributed by atoms with Gasteiger partial charge in [-0.25, -0.2) is 9.59 Å². The third kappa shape index (κ3) is 6.59. The summed E-state index contributed by atoms with van der Waals surface area (Å²) in [5, 5.41) is 2.56. The first kappa shape index (κ1) is 18.5. The molecule has 1 N–H and O–H groups in total. The molecule has 1 amide bonds. The van der Waals surface area contributed by atoms with E-state index in [9.17, 15) is 9.59 Å². The highest BCUT2D eigenvalue weighted by Crippen LogP contribution is 2.30. The number of methoxy groups -OCH3 is 1. The molecule has 0 bridgehead atoms. The molecule has 1 unspecified atom stereocenters. The van der Waals surface area contributed by atoms with Crippen molar-refractivity contribution in [1.29, 1.82) is 0 Å². The van der Waals surface area contributed by atoms with E-state index in [1.54, 1.807) is 0 Å². The smallest absolute Gasteiger partial charge is 0.407 e. The zero-order valence-corrected chi connectivity index (χ0v) is 13.2. The summed E-state index contributed by atoms with van der Waals surface area (Å²) in [6.07, 6.45) is 1.56. The minimum absolute atomic E-state index is 0.282. The highest BCUT2D eigenvalue weighted by molar-refractivity contribution is 5.81. The number of rotatable bonds is 8. The minimum Gasteiger partial charge on any atom is -0.467 e. The fourth-order valence-electron chi connectivity index (χ4n) is 1.51. The van der Waals surface area contributed by atoms with E-state index >= 15 is 0 Å². The maximum absolute atomic E-state index is 11.8. The lowest BCUT2D eigenvalue weighted by atomic mass is 9.80. The molecule has 0 aromatic carbocycles. The Bertz CT molecular complexity index is 350. The lowest BCUT2D eigenvalue weighted by Gasteiger charge is -2.29. The molecule has 0 aliphatic heterocycles. The first-order chi connectivity index (χ1) is 9.24. The van der Waals surface area contributed by atoms with E-state index in [0.717, 1.165) is 18.4 Å². The molecule has 5 nitrogen and oxygen atoms in total. The van der Waals surface area contributed by atoms with Gasteiger partial charge in [0.2, 0.25) is 0 Å². The van der Waals surface area contributed by atoms with Gasteiger partial charge in [0, 0.05) is 0 Å². The van der Waals surface area contributed by atoms with Crippen LogP contribution in [0, 0.1) is 5.41 Å². The Labute approximate surface area is 121 Å². The molecular weight excluding hydrogens is 258 g/mol. The van der Waals surface area contributed by atoms with E-state index in [0.29, 0.717) is 13.0 Å². The molecule has 0 aromatic heterocycles. The number of unbranched alkanes of at least 4 members (excludes halogenated alkanes) is 1. The zero-order chi connectivity index (χ0) is 15.8. The van der Waals surface area contributed by atoms with E-state index in [-0.39, 0.29) is 5.41 Å². The lowest BCUT2D eigenvalue weighted by Crippen LogP contribution is -2.44. The van der Waals surface area contributed by atoms with Crippen molar-refractivity contribution in [2.45, 2.75) is 53.0 Å². The number of ether oxygens (including phenoxy) is 2. The van der Waals surface area contributed by atoms with E-state index < -0.39 is 18.1 Å². The molecule has 0 saturated carbocycles. The average molecular weight is 285 g/mol. The summed E-state index contributed by atoms with van der Waals surface area (Å²) in [6, 6.07) is -0.735. The Morgan fingerprint density at radius 2 is 1.95 bits per heavy atom. The molecular formula is C15H27NO4. The van der Waals surface area contributed by atoms with Gasteiger partial charge in [0.1, 0.15) is 6.04 Å². The van der Waals surface area contributed by atoms with Gasteiger partial charge in [0.15, 0.2) is 0 Å². The summed E-state index contributed by atoms with van der Waals surface area (Å²) in [7, 11) is 1.30. The Hall–Kier alpha value is -1.52. The van der Waals surface area contributed by atoms with Crippen LogP contribution in [0.2, 0.25) is 0 Å². The number of allylic oxidation sites excluding steroid dienone is 1. The number of carbonyl (C=O) groups is 2. The van der Waals surface area contributed by atoms with Crippen LogP contribution in [0.3, 0.4) is 0 Å². The molecule has 0 rings (SSSR count). The number of hydrogen-bond donors (Lipinski definition) is 1. The van der Waals surface area contributed by atoms with Crippen LogP contribution in [0.1, 0.15) is 47.0 Å². The zero-order valence-electron chi connectivity index (χ0n) is 13.2. The van der Waals surface area contributed by atoms with E-state index in [2.05, 4.69) is 11.9 Å². The van der Waals surface area contributed by atoms with Crippen molar-refractivity contribution in [2.75, 3.05) is 13.7 Å². The van der Waals surface area contributed by atoms with Crippen LogP contribution in [0.25, 0.3) is 0 Å². The summed E-state index contributed by atoms with van der Waals surface area (Å²) in [4.78, 5) is 23.4. The Kier molecular flexibility index (Phi) is 7.96. The van der Waals surface area contributed by atoms with Crippen LogP contribution in [0.5, 0.6) is 0 Å². The molecule has 0 saturated heterocycles. The summed E-state index contributed by atoms with van der Waals surface area (Å²) < 4.78 is 9.73. The first-order valence-electron chi connectivity index (χ1n) is 6.91. The third-order valence-corrected chi connectivity index (χ3v) is 3.38. The molecule has 0 spiro atoms. The number of alkyl carbamates (subject to hydrolysis) is 1. The van der Waals surface area contributed by atoms with Crippen molar-refractivity contribution in [1.82, 2.24) is 5.32 Å². The average Bonchev–Trinajstić information content (AvgIpc) is 2.36. The first-order valence-corrected chi connectivity index (χ1v) is 6.91. The lowest BCUT2D eigenvalue weighted by molar-refractivity contribution is -0.143. The summed E-state index contributed by atoms with van der Waals surface area (Å²) >= 11 is 0. The van der Waals surface area contributed by atoms with Crippen molar-refractivity contribution in [3.05, 3.63) is 12.2 Å². The van der Waals surface area contributed by atoms with Crippen molar-refractivity contribution >= 4 is 12.1 Å². The Morgan fingerprint density at radius 1 is 1.35 bits per heavy atom. The van der Waals surface area contributed by atoms with Crippen LogP contribution in [0.15, 0.2) is 12.2 Å². The van der Waals surface area contributed by atoms with E-state index in [1.165, 1.54) is 7.11 Å². The maximum Gasteiger partial charge on any atom is 0.407 e. The van der Waals surface area contributed by atoms with Gasteiger partial charge in [0.25, 0.3) is 0 Å². The second-order valence-corrected chi connectivity index (χ2v) is 5.58. The quantitative estimate of drug-likeness (QED) is 0.423. The molecule has 0 aliphatic rings. The number of hydrogen-bond acceptors (Lipinski definition) is 4. The molecule has 0 fully saturated rings. The topological polar surface area (TPSA) is 64.6 Å². The summed E-state index contributed by atoms with van der Waals surface area (Å²) in [6.45, 7) is 12.1. The van der Waals surface area contributed by atoms with Crippen LogP contribution in [-0.2, 0) is 14.3 Å². The van der Waals surface area contributed by atoms with Gasteiger partial charge < -0.3 is 14.8 Å². The van der Waals surface area contributed by atoms with Crippen molar-refractivity contribution in [3.8, 4) is 0 Å². The van der Waals surface area contributed by atoms with Crippen molar-refractivity contribution < 1.29 is 19.1 Å². The highest BCUT2D eigenvalue weighted by Gasteiger charge is 2.30. The normalized spacial score (nSPS) is 12.4. The van der Waals surface area contributed by atoms with Crippen molar-refractivity contribution in [2.24, 2.45) is 5.41 Å². The highest BCUT2D eigenvalue weighted by atomic mass is 16.6.